The molecule has 0 aliphatic heterocycles. The van der Waals surface area contributed by atoms with Crippen LogP contribution in [0, 0.1) is 0 Å². The zero-order valence-corrected chi connectivity index (χ0v) is 7.12. The van der Waals surface area contributed by atoms with E-state index in [1.807, 2.05) is 0 Å². The highest BCUT2D eigenvalue weighted by Crippen LogP contribution is 2.23. The van der Waals surface area contributed by atoms with Gasteiger partial charge in [-0.1, -0.05) is 29.9 Å². The van der Waals surface area contributed by atoms with E-state index in [0.29, 0.717) is 10.6 Å². The summed E-state index contributed by atoms with van der Waals surface area (Å²) in [5.41, 5.74) is 5.92. The number of benzene rings is 1. The number of thiocarbonyl (C=S) groups is 1. The van der Waals surface area contributed by atoms with Crippen LogP contribution in [0.1, 0.15) is 5.56 Å². The summed E-state index contributed by atoms with van der Waals surface area (Å²) in [6.07, 6.45) is 0. The smallest absolute Gasteiger partial charge is 0.134 e. The standard InChI is InChI=1S/C7H6ClNOS/c8-5-2-1-4(7(9)11)3-6(5)10/h1-3,10H,(H2,9,11). The Kier molecular flexibility index (Phi) is 2.31. The second-order valence-electron chi connectivity index (χ2n) is 2.03. The topological polar surface area (TPSA) is 46.2 Å². The van der Waals surface area contributed by atoms with Gasteiger partial charge in [0, 0.05) is 5.56 Å². The van der Waals surface area contributed by atoms with Crippen molar-refractivity contribution < 1.29 is 5.11 Å². The van der Waals surface area contributed by atoms with Crippen LogP contribution in [0.2, 0.25) is 5.02 Å². The van der Waals surface area contributed by atoms with Crippen molar-refractivity contribution in [3.05, 3.63) is 28.8 Å². The number of hydrogen-bond acceptors (Lipinski definition) is 2. The molecule has 0 atom stereocenters. The van der Waals surface area contributed by atoms with Gasteiger partial charge in [-0.15, -0.1) is 0 Å². The maximum Gasteiger partial charge on any atom is 0.134 e. The van der Waals surface area contributed by atoms with Crippen LogP contribution in [0.5, 0.6) is 5.75 Å². The van der Waals surface area contributed by atoms with Crippen molar-refractivity contribution in [2.75, 3.05) is 0 Å². The molecule has 0 saturated heterocycles. The summed E-state index contributed by atoms with van der Waals surface area (Å²) in [5, 5.41) is 9.40. The van der Waals surface area contributed by atoms with E-state index in [1.165, 1.54) is 6.07 Å². The molecule has 4 heteroatoms. The quantitative estimate of drug-likeness (QED) is 0.658. The van der Waals surface area contributed by atoms with E-state index in [2.05, 4.69) is 12.2 Å². The fraction of sp³-hybridized carbons (Fsp3) is 0. The summed E-state index contributed by atoms with van der Waals surface area (Å²) >= 11 is 10.2. The lowest BCUT2D eigenvalue weighted by molar-refractivity contribution is 0.475. The van der Waals surface area contributed by atoms with Crippen LogP contribution in [0.25, 0.3) is 0 Å². The Morgan fingerprint density at radius 1 is 1.55 bits per heavy atom. The zero-order valence-electron chi connectivity index (χ0n) is 5.54. The van der Waals surface area contributed by atoms with Gasteiger partial charge in [0.05, 0.1) is 5.02 Å². The van der Waals surface area contributed by atoms with Crippen molar-refractivity contribution in [3.63, 3.8) is 0 Å². The number of rotatable bonds is 1. The van der Waals surface area contributed by atoms with Crippen LogP contribution in [0.4, 0.5) is 0 Å². The lowest BCUT2D eigenvalue weighted by Gasteiger charge is -1.99. The molecule has 58 valence electrons. The summed E-state index contributed by atoms with van der Waals surface area (Å²) in [4.78, 5) is 0.247. The predicted octanol–water partition coefficient (Wildman–Crippen LogP) is 1.68. The Balaban J connectivity index is 3.15. The summed E-state index contributed by atoms with van der Waals surface area (Å²) < 4.78 is 0. The second-order valence-corrected chi connectivity index (χ2v) is 2.88. The maximum atomic E-state index is 9.10. The van der Waals surface area contributed by atoms with E-state index in [-0.39, 0.29) is 10.7 Å². The largest absolute Gasteiger partial charge is 0.506 e. The first-order valence-electron chi connectivity index (χ1n) is 2.89. The highest BCUT2D eigenvalue weighted by Gasteiger charge is 2.00. The van der Waals surface area contributed by atoms with Crippen molar-refractivity contribution in [3.8, 4) is 5.75 Å². The molecule has 0 aliphatic carbocycles. The van der Waals surface area contributed by atoms with E-state index in [1.54, 1.807) is 12.1 Å². The third kappa shape index (κ3) is 1.82. The molecule has 0 heterocycles. The van der Waals surface area contributed by atoms with Crippen LogP contribution < -0.4 is 5.73 Å². The first-order chi connectivity index (χ1) is 5.11. The molecular formula is C7H6ClNOS. The molecule has 0 bridgehead atoms. The Labute approximate surface area is 74.6 Å². The lowest BCUT2D eigenvalue weighted by Crippen LogP contribution is -2.08. The Morgan fingerprint density at radius 2 is 2.18 bits per heavy atom. The molecule has 0 amide bonds. The van der Waals surface area contributed by atoms with Crippen LogP contribution in [-0.2, 0) is 0 Å². The summed E-state index contributed by atoms with van der Waals surface area (Å²) in [6.45, 7) is 0. The van der Waals surface area contributed by atoms with E-state index >= 15 is 0 Å². The number of nitrogens with two attached hydrogens (primary N) is 1. The Morgan fingerprint density at radius 3 is 2.64 bits per heavy atom. The van der Waals surface area contributed by atoms with Gasteiger partial charge in [-0.05, 0) is 12.1 Å². The van der Waals surface area contributed by atoms with Gasteiger partial charge in [-0.2, -0.15) is 0 Å². The van der Waals surface area contributed by atoms with E-state index in [4.69, 9.17) is 22.4 Å². The van der Waals surface area contributed by atoms with Gasteiger partial charge in [-0.25, -0.2) is 0 Å². The minimum Gasteiger partial charge on any atom is -0.506 e. The maximum absolute atomic E-state index is 9.10. The fourth-order valence-corrected chi connectivity index (χ4v) is 0.910. The summed E-state index contributed by atoms with van der Waals surface area (Å²) in [6, 6.07) is 4.64. The molecule has 0 aromatic heterocycles. The number of halogens is 1. The van der Waals surface area contributed by atoms with Crippen molar-refractivity contribution in [1.82, 2.24) is 0 Å². The van der Waals surface area contributed by atoms with Gasteiger partial charge in [0.15, 0.2) is 0 Å². The number of hydrogen-bond donors (Lipinski definition) is 2. The zero-order chi connectivity index (χ0) is 8.43. The van der Waals surface area contributed by atoms with E-state index < -0.39 is 0 Å². The molecule has 0 unspecified atom stereocenters. The molecular weight excluding hydrogens is 182 g/mol. The van der Waals surface area contributed by atoms with Gasteiger partial charge in [0.1, 0.15) is 10.7 Å². The first-order valence-corrected chi connectivity index (χ1v) is 3.68. The Bertz CT molecular complexity index is 300. The van der Waals surface area contributed by atoms with E-state index in [9.17, 15) is 0 Å². The van der Waals surface area contributed by atoms with Gasteiger partial charge < -0.3 is 10.8 Å². The summed E-state index contributed by atoms with van der Waals surface area (Å²) in [5.74, 6) is -0.00281. The van der Waals surface area contributed by atoms with Crippen molar-refractivity contribution in [2.45, 2.75) is 0 Å². The van der Waals surface area contributed by atoms with Crippen molar-refractivity contribution in [2.24, 2.45) is 5.73 Å². The van der Waals surface area contributed by atoms with Crippen LogP contribution >= 0.6 is 23.8 Å². The van der Waals surface area contributed by atoms with E-state index in [0.717, 1.165) is 0 Å². The molecule has 1 rings (SSSR count). The first kappa shape index (κ1) is 8.30. The van der Waals surface area contributed by atoms with Crippen molar-refractivity contribution >= 4 is 28.8 Å². The number of phenolic OH excluding ortho intramolecular Hbond substituents is 1. The molecule has 2 nitrogen and oxygen atoms in total. The third-order valence-electron chi connectivity index (χ3n) is 1.23. The van der Waals surface area contributed by atoms with Crippen LogP contribution in [0.15, 0.2) is 18.2 Å². The molecule has 1 aromatic carbocycles. The average Bonchev–Trinajstić information content (AvgIpc) is 1.94. The molecule has 0 aliphatic rings. The molecule has 0 saturated carbocycles. The van der Waals surface area contributed by atoms with Crippen LogP contribution in [0.3, 0.4) is 0 Å². The monoisotopic (exact) mass is 187 g/mol. The molecule has 0 fully saturated rings. The number of phenols is 1. The van der Waals surface area contributed by atoms with Gasteiger partial charge in [-0.3, -0.25) is 0 Å². The molecule has 11 heavy (non-hydrogen) atoms. The minimum atomic E-state index is -0.00281. The normalized spacial score (nSPS) is 9.55. The highest BCUT2D eigenvalue weighted by molar-refractivity contribution is 7.80. The van der Waals surface area contributed by atoms with Crippen LogP contribution in [-0.4, -0.2) is 10.1 Å². The Hall–Kier alpha value is -0.800. The molecule has 0 radical (unpaired) electrons. The lowest BCUT2D eigenvalue weighted by atomic mass is 10.2. The van der Waals surface area contributed by atoms with Gasteiger partial charge >= 0.3 is 0 Å². The van der Waals surface area contributed by atoms with Gasteiger partial charge in [0.2, 0.25) is 0 Å². The SMILES string of the molecule is NC(=S)c1ccc(Cl)c(O)c1. The fourth-order valence-electron chi connectivity index (χ4n) is 0.666. The molecule has 0 spiro atoms. The van der Waals surface area contributed by atoms with Gasteiger partial charge in [0.25, 0.3) is 0 Å². The average molecular weight is 188 g/mol. The molecule has 3 N–H and O–H groups in total. The summed E-state index contributed by atoms with van der Waals surface area (Å²) in [7, 11) is 0. The second kappa shape index (κ2) is 3.07. The number of aromatic hydroxyl groups is 1. The predicted molar refractivity (Wildman–Crippen MR) is 49.0 cm³/mol. The van der Waals surface area contributed by atoms with Crippen molar-refractivity contribution in [1.29, 1.82) is 0 Å². The highest BCUT2D eigenvalue weighted by atomic mass is 35.5. The third-order valence-corrected chi connectivity index (χ3v) is 1.79. The molecule has 1 aromatic rings. The minimum absolute atomic E-state index is 0.00281.